The molecule has 0 radical (unpaired) electrons. The fraction of sp³-hybridized carbons (Fsp3) is 0.167. The van der Waals surface area contributed by atoms with Gasteiger partial charge in [0.2, 0.25) is 0 Å². The number of benzene rings is 1. The Balaban J connectivity index is 2.38. The summed E-state index contributed by atoms with van der Waals surface area (Å²) in [4.78, 5) is 4.12. The first-order valence-corrected chi connectivity index (χ1v) is 4.63. The Labute approximate surface area is 84.8 Å². The summed E-state index contributed by atoms with van der Waals surface area (Å²) in [6, 6.07) is 10.3. The van der Waals surface area contributed by atoms with Gasteiger partial charge in [0.1, 0.15) is 5.82 Å². The SMILES string of the molecule is C=C1N(C)C=C(c2ccccc2)N1C. The zero-order valence-corrected chi connectivity index (χ0v) is 8.57. The van der Waals surface area contributed by atoms with Gasteiger partial charge in [-0.15, -0.1) is 0 Å². The van der Waals surface area contributed by atoms with Gasteiger partial charge in [-0.05, 0) is 5.56 Å². The van der Waals surface area contributed by atoms with Gasteiger partial charge >= 0.3 is 0 Å². The van der Waals surface area contributed by atoms with Crippen LogP contribution in [0.5, 0.6) is 0 Å². The van der Waals surface area contributed by atoms with Crippen molar-refractivity contribution in [1.29, 1.82) is 0 Å². The molecule has 72 valence electrons. The molecule has 1 aliphatic heterocycles. The van der Waals surface area contributed by atoms with Crippen LogP contribution in [-0.4, -0.2) is 23.9 Å². The molecule has 0 unspecified atom stereocenters. The lowest BCUT2D eigenvalue weighted by molar-refractivity contribution is 0.458. The van der Waals surface area contributed by atoms with E-state index in [2.05, 4.69) is 29.8 Å². The van der Waals surface area contributed by atoms with Gasteiger partial charge in [0, 0.05) is 20.3 Å². The number of hydrogen-bond donors (Lipinski definition) is 0. The molecule has 2 rings (SSSR count). The van der Waals surface area contributed by atoms with Crippen molar-refractivity contribution in [1.82, 2.24) is 9.80 Å². The molecule has 2 nitrogen and oxygen atoms in total. The molecule has 0 amide bonds. The van der Waals surface area contributed by atoms with Crippen LogP contribution in [0, 0.1) is 0 Å². The van der Waals surface area contributed by atoms with Crippen LogP contribution in [0.3, 0.4) is 0 Å². The topological polar surface area (TPSA) is 6.48 Å². The lowest BCUT2D eigenvalue weighted by Gasteiger charge is -2.19. The zero-order valence-electron chi connectivity index (χ0n) is 8.57. The van der Waals surface area contributed by atoms with E-state index in [1.54, 1.807) is 0 Å². The fourth-order valence-electron chi connectivity index (χ4n) is 1.60. The summed E-state index contributed by atoms with van der Waals surface area (Å²) in [6.45, 7) is 3.99. The maximum Gasteiger partial charge on any atom is 0.105 e. The van der Waals surface area contributed by atoms with E-state index in [1.165, 1.54) is 11.3 Å². The van der Waals surface area contributed by atoms with Crippen molar-refractivity contribution < 1.29 is 0 Å². The van der Waals surface area contributed by atoms with Crippen LogP contribution in [-0.2, 0) is 0 Å². The molecule has 0 atom stereocenters. The lowest BCUT2D eigenvalue weighted by atomic mass is 10.1. The molecular formula is C12H14N2. The maximum absolute atomic E-state index is 3.99. The van der Waals surface area contributed by atoms with E-state index in [0.29, 0.717) is 0 Å². The molecule has 0 fully saturated rings. The van der Waals surface area contributed by atoms with Gasteiger partial charge in [0.15, 0.2) is 0 Å². The summed E-state index contributed by atoms with van der Waals surface area (Å²) in [5.74, 6) is 1.00. The summed E-state index contributed by atoms with van der Waals surface area (Å²) in [5, 5.41) is 0. The highest BCUT2D eigenvalue weighted by atomic mass is 15.3. The normalized spacial score (nSPS) is 16.1. The van der Waals surface area contributed by atoms with Gasteiger partial charge in [0.05, 0.1) is 5.70 Å². The third-order valence-electron chi connectivity index (χ3n) is 2.54. The minimum atomic E-state index is 1.00. The van der Waals surface area contributed by atoms with Crippen molar-refractivity contribution in [3.63, 3.8) is 0 Å². The third kappa shape index (κ3) is 1.29. The molecule has 2 heteroatoms. The van der Waals surface area contributed by atoms with Crippen molar-refractivity contribution >= 4 is 5.70 Å². The molecule has 1 aliphatic rings. The van der Waals surface area contributed by atoms with Crippen molar-refractivity contribution in [2.24, 2.45) is 0 Å². The molecule has 0 N–H and O–H groups in total. The van der Waals surface area contributed by atoms with Crippen molar-refractivity contribution in [2.45, 2.75) is 0 Å². The Hall–Kier alpha value is -1.70. The van der Waals surface area contributed by atoms with Crippen LogP contribution in [0.15, 0.2) is 48.9 Å². The minimum absolute atomic E-state index is 1.00. The highest BCUT2D eigenvalue weighted by Gasteiger charge is 2.19. The Morgan fingerprint density at radius 2 is 1.71 bits per heavy atom. The van der Waals surface area contributed by atoms with Gasteiger partial charge in [-0.3, -0.25) is 0 Å². The molecular weight excluding hydrogens is 172 g/mol. The summed E-state index contributed by atoms with van der Waals surface area (Å²) < 4.78 is 0. The summed E-state index contributed by atoms with van der Waals surface area (Å²) in [7, 11) is 4.04. The highest BCUT2D eigenvalue weighted by Crippen LogP contribution is 2.28. The van der Waals surface area contributed by atoms with E-state index in [1.807, 2.05) is 37.2 Å². The first kappa shape index (κ1) is 8.88. The summed E-state index contributed by atoms with van der Waals surface area (Å²) in [6.07, 6.45) is 2.09. The molecule has 14 heavy (non-hydrogen) atoms. The molecule has 1 aromatic rings. The molecule has 0 saturated carbocycles. The van der Waals surface area contributed by atoms with Crippen LogP contribution in [0.2, 0.25) is 0 Å². The van der Waals surface area contributed by atoms with Gasteiger partial charge in [0.25, 0.3) is 0 Å². The zero-order chi connectivity index (χ0) is 10.1. The Kier molecular flexibility index (Phi) is 2.04. The number of hydrogen-bond acceptors (Lipinski definition) is 2. The summed E-state index contributed by atoms with van der Waals surface area (Å²) >= 11 is 0. The molecule has 0 aliphatic carbocycles. The van der Waals surface area contributed by atoms with Crippen LogP contribution >= 0.6 is 0 Å². The maximum atomic E-state index is 3.99. The van der Waals surface area contributed by atoms with E-state index in [9.17, 15) is 0 Å². The Bertz CT molecular complexity index is 379. The van der Waals surface area contributed by atoms with E-state index >= 15 is 0 Å². The van der Waals surface area contributed by atoms with Gasteiger partial charge < -0.3 is 9.80 Å². The highest BCUT2D eigenvalue weighted by molar-refractivity contribution is 5.67. The van der Waals surface area contributed by atoms with Crippen molar-refractivity contribution in [2.75, 3.05) is 14.1 Å². The van der Waals surface area contributed by atoms with Gasteiger partial charge in [-0.1, -0.05) is 36.9 Å². The van der Waals surface area contributed by atoms with Gasteiger partial charge in [-0.2, -0.15) is 0 Å². The van der Waals surface area contributed by atoms with Crippen molar-refractivity contribution in [3.05, 3.63) is 54.5 Å². The van der Waals surface area contributed by atoms with E-state index in [-0.39, 0.29) is 0 Å². The Morgan fingerprint density at radius 1 is 1.07 bits per heavy atom. The fourth-order valence-corrected chi connectivity index (χ4v) is 1.60. The Morgan fingerprint density at radius 3 is 2.21 bits per heavy atom. The minimum Gasteiger partial charge on any atom is -0.336 e. The van der Waals surface area contributed by atoms with Crippen LogP contribution < -0.4 is 0 Å². The van der Waals surface area contributed by atoms with Gasteiger partial charge in [-0.25, -0.2) is 0 Å². The first-order valence-electron chi connectivity index (χ1n) is 4.63. The number of rotatable bonds is 1. The molecule has 0 aromatic heterocycles. The predicted molar refractivity (Wildman–Crippen MR) is 59.1 cm³/mol. The molecule has 0 bridgehead atoms. The van der Waals surface area contributed by atoms with Crippen LogP contribution in [0.25, 0.3) is 5.70 Å². The second kappa shape index (κ2) is 3.22. The second-order valence-electron chi connectivity index (χ2n) is 3.47. The second-order valence-corrected chi connectivity index (χ2v) is 3.47. The van der Waals surface area contributed by atoms with Crippen LogP contribution in [0.4, 0.5) is 0 Å². The van der Waals surface area contributed by atoms with Crippen molar-refractivity contribution in [3.8, 4) is 0 Å². The average Bonchev–Trinajstić information content (AvgIpc) is 2.47. The first-order chi connectivity index (χ1) is 6.70. The van der Waals surface area contributed by atoms with E-state index in [0.717, 1.165) is 5.82 Å². The lowest BCUT2D eigenvalue weighted by Crippen LogP contribution is -2.16. The van der Waals surface area contributed by atoms with E-state index < -0.39 is 0 Å². The molecule has 0 spiro atoms. The quantitative estimate of drug-likeness (QED) is 0.664. The smallest absolute Gasteiger partial charge is 0.105 e. The molecule has 1 heterocycles. The molecule has 1 aromatic carbocycles. The van der Waals surface area contributed by atoms with Crippen LogP contribution in [0.1, 0.15) is 5.56 Å². The summed E-state index contributed by atoms with van der Waals surface area (Å²) in [5.41, 5.74) is 2.42. The average molecular weight is 186 g/mol. The molecule has 0 saturated heterocycles. The standard InChI is InChI=1S/C12H14N2/c1-10-13(2)9-12(14(10)3)11-7-5-4-6-8-11/h4-9H,1H2,2-3H3. The number of nitrogens with zero attached hydrogens (tertiary/aromatic N) is 2. The third-order valence-corrected chi connectivity index (χ3v) is 2.54. The predicted octanol–water partition coefficient (Wildman–Crippen LogP) is 2.33. The van der Waals surface area contributed by atoms with E-state index in [4.69, 9.17) is 0 Å². The largest absolute Gasteiger partial charge is 0.336 e. The monoisotopic (exact) mass is 186 g/mol.